The molecule has 0 saturated heterocycles. The monoisotopic (exact) mass is 215 g/mol. The van der Waals surface area contributed by atoms with Crippen LogP contribution in [0, 0.1) is 0 Å². The van der Waals surface area contributed by atoms with E-state index in [0.29, 0.717) is 0 Å². The van der Waals surface area contributed by atoms with Gasteiger partial charge in [0.2, 0.25) is 0 Å². The highest BCUT2D eigenvalue weighted by Crippen LogP contribution is 2.17. The van der Waals surface area contributed by atoms with Crippen LogP contribution in [0.15, 0.2) is 53.3 Å². The number of benzene rings is 1. The van der Waals surface area contributed by atoms with Gasteiger partial charge in [-0.2, -0.15) is 0 Å². The predicted octanol–water partition coefficient (Wildman–Crippen LogP) is 3.30. The van der Waals surface area contributed by atoms with Crippen molar-refractivity contribution < 1.29 is 4.42 Å². The maximum atomic E-state index is 6.04. The van der Waals surface area contributed by atoms with Crippen LogP contribution in [0.3, 0.4) is 0 Å². The summed E-state index contributed by atoms with van der Waals surface area (Å²) >= 11 is 0. The average molecular weight is 215 g/mol. The Morgan fingerprint density at radius 2 is 1.94 bits per heavy atom. The van der Waals surface area contributed by atoms with Gasteiger partial charge in [0.25, 0.3) is 0 Å². The first-order valence-electron chi connectivity index (χ1n) is 5.68. The summed E-state index contributed by atoms with van der Waals surface area (Å²) in [6.45, 7) is 0. The lowest BCUT2D eigenvalue weighted by atomic mass is 10.0. The molecule has 84 valence electrons. The van der Waals surface area contributed by atoms with E-state index >= 15 is 0 Å². The van der Waals surface area contributed by atoms with Crippen molar-refractivity contribution in [1.29, 1.82) is 0 Å². The summed E-state index contributed by atoms with van der Waals surface area (Å²) in [5.41, 5.74) is 8.51. The smallest absolute Gasteiger partial charge is 0.0950 e. The van der Waals surface area contributed by atoms with E-state index in [9.17, 15) is 0 Å². The van der Waals surface area contributed by atoms with Gasteiger partial charge in [-0.05, 0) is 30.9 Å². The maximum absolute atomic E-state index is 6.04. The zero-order chi connectivity index (χ0) is 11.2. The Morgan fingerprint density at radius 3 is 2.62 bits per heavy atom. The molecular weight excluding hydrogens is 198 g/mol. The van der Waals surface area contributed by atoms with Gasteiger partial charge < -0.3 is 10.2 Å². The molecule has 0 spiro atoms. The van der Waals surface area contributed by atoms with Crippen LogP contribution in [0.25, 0.3) is 0 Å². The molecule has 0 aliphatic rings. The quantitative estimate of drug-likeness (QED) is 0.831. The Balaban J connectivity index is 1.76. The van der Waals surface area contributed by atoms with Gasteiger partial charge in [0.05, 0.1) is 12.5 Å². The SMILES string of the molecule is NC(CCCc1ccccc1)c1ccoc1. The van der Waals surface area contributed by atoms with E-state index in [2.05, 4.69) is 24.3 Å². The van der Waals surface area contributed by atoms with Gasteiger partial charge in [-0.25, -0.2) is 0 Å². The van der Waals surface area contributed by atoms with Crippen LogP contribution in [0.4, 0.5) is 0 Å². The second-order valence-corrected chi connectivity index (χ2v) is 4.04. The molecule has 1 atom stereocenters. The van der Waals surface area contributed by atoms with Gasteiger partial charge >= 0.3 is 0 Å². The minimum atomic E-state index is 0.0995. The third-order valence-corrected chi connectivity index (χ3v) is 2.79. The number of hydrogen-bond donors (Lipinski definition) is 1. The Kier molecular flexibility index (Phi) is 3.78. The summed E-state index contributed by atoms with van der Waals surface area (Å²) in [6, 6.07) is 12.5. The van der Waals surface area contributed by atoms with E-state index in [1.165, 1.54) is 5.56 Å². The average Bonchev–Trinajstić information content (AvgIpc) is 2.84. The number of hydrogen-bond acceptors (Lipinski definition) is 2. The van der Waals surface area contributed by atoms with Gasteiger partial charge in [-0.1, -0.05) is 30.3 Å². The highest BCUT2D eigenvalue weighted by Gasteiger charge is 2.06. The highest BCUT2D eigenvalue weighted by atomic mass is 16.3. The summed E-state index contributed by atoms with van der Waals surface area (Å²) in [5, 5.41) is 0. The Morgan fingerprint density at radius 1 is 1.12 bits per heavy atom. The van der Waals surface area contributed by atoms with E-state index in [1.54, 1.807) is 12.5 Å². The summed E-state index contributed by atoms with van der Waals surface area (Å²) < 4.78 is 5.02. The van der Waals surface area contributed by atoms with E-state index in [-0.39, 0.29) is 6.04 Å². The standard InChI is InChI=1S/C14H17NO/c15-14(13-9-10-16-11-13)8-4-7-12-5-2-1-3-6-12/h1-3,5-6,9-11,14H,4,7-8,15H2. The number of furan rings is 1. The number of rotatable bonds is 5. The van der Waals surface area contributed by atoms with Crippen LogP contribution in [0.1, 0.15) is 30.0 Å². The zero-order valence-corrected chi connectivity index (χ0v) is 9.30. The van der Waals surface area contributed by atoms with Crippen molar-refractivity contribution in [3.8, 4) is 0 Å². The third-order valence-electron chi connectivity index (χ3n) is 2.79. The fourth-order valence-corrected chi connectivity index (χ4v) is 1.82. The molecule has 2 heteroatoms. The molecule has 16 heavy (non-hydrogen) atoms. The first kappa shape index (κ1) is 11.0. The second kappa shape index (κ2) is 5.52. The van der Waals surface area contributed by atoms with E-state index in [1.807, 2.05) is 12.1 Å². The normalized spacial score (nSPS) is 12.6. The largest absolute Gasteiger partial charge is 0.472 e. The molecule has 0 amide bonds. The molecule has 1 heterocycles. The lowest BCUT2D eigenvalue weighted by Gasteiger charge is -2.08. The van der Waals surface area contributed by atoms with Gasteiger partial charge in [0.1, 0.15) is 0 Å². The van der Waals surface area contributed by atoms with Crippen molar-refractivity contribution >= 4 is 0 Å². The van der Waals surface area contributed by atoms with Crippen molar-refractivity contribution in [2.75, 3.05) is 0 Å². The van der Waals surface area contributed by atoms with Gasteiger partial charge in [0, 0.05) is 11.6 Å². The maximum Gasteiger partial charge on any atom is 0.0950 e. The van der Waals surface area contributed by atoms with Crippen molar-refractivity contribution in [1.82, 2.24) is 0 Å². The molecule has 0 aliphatic carbocycles. The first-order valence-corrected chi connectivity index (χ1v) is 5.68. The zero-order valence-electron chi connectivity index (χ0n) is 9.30. The van der Waals surface area contributed by atoms with Crippen LogP contribution >= 0.6 is 0 Å². The molecule has 0 radical (unpaired) electrons. The summed E-state index contributed by atoms with van der Waals surface area (Å²) in [7, 11) is 0. The Bertz CT molecular complexity index is 394. The fourth-order valence-electron chi connectivity index (χ4n) is 1.82. The van der Waals surface area contributed by atoms with Crippen molar-refractivity contribution in [3.05, 3.63) is 60.1 Å². The molecule has 0 saturated carbocycles. The lowest BCUT2D eigenvalue weighted by Crippen LogP contribution is -2.09. The van der Waals surface area contributed by atoms with Crippen LogP contribution < -0.4 is 5.73 Å². The molecule has 2 aromatic rings. The molecule has 0 bridgehead atoms. The molecule has 2 rings (SSSR count). The van der Waals surface area contributed by atoms with Crippen molar-refractivity contribution in [3.63, 3.8) is 0 Å². The van der Waals surface area contributed by atoms with Crippen LogP contribution in [0.2, 0.25) is 0 Å². The third kappa shape index (κ3) is 2.97. The van der Waals surface area contributed by atoms with Crippen molar-refractivity contribution in [2.45, 2.75) is 25.3 Å². The van der Waals surface area contributed by atoms with Crippen LogP contribution in [-0.2, 0) is 6.42 Å². The predicted molar refractivity (Wildman–Crippen MR) is 65.0 cm³/mol. The molecule has 1 unspecified atom stereocenters. The molecular formula is C14H17NO. The number of nitrogens with two attached hydrogens (primary N) is 1. The van der Waals surface area contributed by atoms with Gasteiger partial charge in [-0.15, -0.1) is 0 Å². The van der Waals surface area contributed by atoms with Crippen LogP contribution in [0.5, 0.6) is 0 Å². The fraction of sp³-hybridized carbons (Fsp3) is 0.286. The van der Waals surface area contributed by atoms with Crippen LogP contribution in [-0.4, -0.2) is 0 Å². The second-order valence-electron chi connectivity index (χ2n) is 4.04. The van der Waals surface area contributed by atoms with Crippen molar-refractivity contribution in [2.24, 2.45) is 5.73 Å². The minimum Gasteiger partial charge on any atom is -0.472 e. The number of aryl methyl sites for hydroxylation is 1. The topological polar surface area (TPSA) is 39.2 Å². The minimum absolute atomic E-state index is 0.0995. The molecule has 0 aliphatic heterocycles. The summed E-state index contributed by atoms with van der Waals surface area (Å²) in [4.78, 5) is 0. The molecule has 0 fully saturated rings. The van der Waals surface area contributed by atoms with E-state index < -0.39 is 0 Å². The van der Waals surface area contributed by atoms with Gasteiger partial charge in [0.15, 0.2) is 0 Å². The molecule has 1 aromatic heterocycles. The Hall–Kier alpha value is -1.54. The summed E-state index contributed by atoms with van der Waals surface area (Å²) in [5.74, 6) is 0. The lowest BCUT2D eigenvalue weighted by molar-refractivity contribution is 0.550. The highest BCUT2D eigenvalue weighted by molar-refractivity contribution is 5.15. The Labute approximate surface area is 96.1 Å². The van der Waals surface area contributed by atoms with E-state index in [4.69, 9.17) is 10.2 Å². The summed E-state index contributed by atoms with van der Waals surface area (Å²) in [6.07, 6.45) is 6.59. The molecule has 1 aromatic carbocycles. The first-order chi connectivity index (χ1) is 7.86. The molecule has 2 nitrogen and oxygen atoms in total. The van der Waals surface area contributed by atoms with E-state index in [0.717, 1.165) is 24.8 Å². The molecule has 2 N–H and O–H groups in total. The van der Waals surface area contributed by atoms with Gasteiger partial charge in [-0.3, -0.25) is 0 Å².